The molecule has 0 spiro atoms. The lowest BCUT2D eigenvalue weighted by molar-refractivity contribution is 0.416. The van der Waals surface area contributed by atoms with E-state index in [0.29, 0.717) is 5.82 Å². The zero-order chi connectivity index (χ0) is 13.1. The average Bonchev–Trinajstić information content (AvgIpc) is 2.74. The van der Waals surface area contributed by atoms with Crippen LogP contribution in [0.5, 0.6) is 5.75 Å². The van der Waals surface area contributed by atoms with Gasteiger partial charge in [0.2, 0.25) is 0 Å². The van der Waals surface area contributed by atoms with Gasteiger partial charge in [0.15, 0.2) is 0 Å². The van der Waals surface area contributed by atoms with Crippen molar-refractivity contribution in [1.82, 2.24) is 9.55 Å². The molecule has 4 nitrogen and oxygen atoms in total. The summed E-state index contributed by atoms with van der Waals surface area (Å²) >= 11 is 0. The molecular weight excluding hydrogens is 226 g/mol. The minimum Gasteiger partial charge on any atom is -0.496 e. The molecule has 0 radical (unpaired) electrons. The maximum atomic E-state index is 6.19. The smallest absolute Gasteiger partial charge is 0.131 e. The van der Waals surface area contributed by atoms with E-state index in [1.165, 1.54) is 0 Å². The number of benzene rings is 1. The zero-order valence-corrected chi connectivity index (χ0v) is 11.1. The van der Waals surface area contributed by atoms with Crippen LogP contribution in [0.25, 0.3) is 11.3 Å². The largest absolute Gasteiger partial charge is 0.496 e. The first kappa shape index (κ1) is 12.5. The van der Waals surface area contributed by atoms with Crippen molar-refractivity contribution in [3.05, 3.63) is 30.1 Å². The van der Waals surface area contributed by atoms with E-state index in [4.69, 9.17) is 10.5 Å². The molecule has 2 rings (SSSR count). The Morgan fingerprint density at radius 1 is 1.28 bits per heavy atom. The summed E-state index contributed by atoms with van der Waals surface area (Å²) in [5.74, 6) is 2.52. The molecule has 0 unspecified atom stereocenters. The molecule has 1 aromatic heterocycles. The lowest BCUT2D eigenvalue weighted by atomic mass is 10.1. The Balaban J connectivity index is 2.60. The van der Waals surface area contributed by atoms with Crippen LogP contribution in [0.15, 0.2) is 24.3 Å². The second-order valence-electron chi connectivity index (χ2n) is 4.06. The molecule has 96 valence electrons. The lowest BCUT2D eigenvalue weighted by Crippen LogP contribution is -2.04. The lowest BCUT2D eigenvalue weighted by Gasteiger charge is -2.07. The number of aryl methyl sites for hydroxylation is 1. The van der Waals surface area contributed by atoms with Crippen LogP contribution in [0.4, 0.5) is 5.82 Å². The Kier molecular flexibility index (Phi) is 3.55. The van der Waals surface area contributed by atoms with Crippen LogP contribution < -0.4 is 10.5 Å². The number of anilines is 1. The SMILES string of the molecule is CCc1nc(-c2ccccc2OC)c(N)n1CC. The van der Waals surface area contributed by atoms with Crippen molar-refractivity contribution in [3.63, 3.8) is 0 Å². The van der Waals surface area contributed by atoms with Crippen molar-refractivity contribution in [2.75, 3.05) is 12.8 Å². The van der Waals surface area contributed by atoms with Crippen LogP contribution in [0.3, 0.4) is 0 Å². The highest BCUT2D eigenvalue weighted by Gasteiger charge is 2.16. The van der Waals surface area contributed by atoms with E-state index in [1.807, 2.05) is 28.8 Å². The molecule has 0 aliphatic carbocycles. The highest BCUT2D eigenvalue weighted by molar-refractivity contribution is 5.76. The maximum Gasteiger partial charge on any atom is 0.131 e. The highest BCUT2D eigenvalue weighted by atomic mass is 16.5. The normalized spacial score (nSPS) is 10.6. The molecule has 1 aromatic carbocycles. The molecule has 2 N–H and O–H groups in total. The van der Waals surface area contributed by atoms with Gasteiger partial charge in [0.25, 0.3) is 0 Å². The number of hydrogen-bond donors (Lipinski definition) is 1. The van der Waals surface area contributed by atoms with Gasteiger partial charge >= 0.3 is 0 Å². The number of rotatable bonds is 4. The first-order valence-corrected chi connectivity index (χ1v) is 6.21. The van der Waals surface area contributed by atoms with Crippen molar-refractivity contribution >= 4 is 5.82 Å². The number of aromatic nitrogens is 2. The standard InChI is InChI=1S/C14H19N3O/c1-4-12-16-13(14(15)17(12)5-2)10-8-6-7-9-11(10)18-3/h6-9H,4-5,15H2,1-3H3. The summed E-state index contributed by atoms with van der Waals surface area (Å²) in [4.78, 5) is 4.64. The van der Waals surface area contributed by atoms with Gasteiger partial charge in [-0.25, -0.2) is 4.98 Å². The molecule has 18 heavy (non-hydrogen) atoms. The first-order valence-electron chi connectivity index (χ1n) is 6.21. The molecule has 0 amide bonds. The maximum absolute atomic E-state index is 6.19. The molecular formula is C14H19N3O. The van der Waals surface area contributed by atoms with Crippen LogP contribution in [-0.4, -0.2) is 16.7 Å². The van der Waals surface area contributed by atoms with Crippen LogP contribution >= 0.6 is 0 Å². The Morgan fingerprint density at radius 3 is 2.56 bits per heavy atom. The number of nitrogens with zero attached hydrogens (tertiary/aromatic N) is 2. The molecule has 0 aliphatic heterocycles. The van der Waals surface area contributed by atoms with Gasteiger partial charge in [0, 0.05) is 18.5 Å². The summed E-state index contributed by atoms with van der Waals surface area (Å²) < 4.78 is 7.41. The molecule has 0 saturated carbocycles. The summed E-state index contributed by atoms with van der Waals surface area (Å²) in [5.41, 5.74) is 7.95. The predicted molar refractivity (Wildman–Crippen MR) is 73.7 cm³/mol. The van der Waals surface area contributed by atoms with Crippen LogP contribution in [0.2, 0.25) is 0 Å². The van der Waals surface area contributed by atoms with Crippen LogP contribution in [-0.2, 0) is 13.0 Å². The average molecular weight is 245 g/mol. The number of methoxy groups -OCH3 is 1. The second kappa shape index (κ2) is 5.12. The van der Waals surface area contributed by atoms with E-state index in [1.54, 1.807) is 7.11 Å². The Morgan fingerprint density at radius 2 is 2.00 bits per heavy atom. The van der Waals surface area contributed by atoms with Gasteiger partial charge in [0.05, 0.1) is 7.11 Å². The first-order chi connectivity index (χ1) is 8.72. The zero-order valence-electron chi connectivity index (χ0n) is 11.1. The number of hydrogen-bond acceptors (Lipinski definition) is 3. The van der Waals surface area contributed by atoms with Crippen molar-refractivity contribution in [2.45, 2.75) is 26.8 Å². The van der Waals surface area contributed by atoms with E-state index in [9.17, 15) is 0 Å². The number of imidazole rings is 1. The molecule has 2 aromatic rings. The van der Waals surface area contributed by atoms with Crippen LogP contribution in [0, 0.1) is 0 Å². The van der Waals surface area contributed by atoms with Crippen molar-refractivity contribution in [1.29, 1.82) is 0 Å². The minimum absolute atomic E-state index is 0.707. The van der Waals surface area contributed by atoms with E-state index < -0.39 is 0 Å². The number of ether oxygens (including phenoxy) is 1. The number of nitrogen functional groups attached to an aromatic ring is 1. The predicted octanol–water partition coefficient (Wildman–Crippen LogP) is 2.72. The van der Waals surface area contributed by atoms with Gasteiger partial charge < -0.3 is 15.0 Å². The van der Waals surface area contributed by atoms with Crippen molar-refractivity contribution in [2.24, 2.45) is 0 Å². The Labute approximate surface area is 107 Å². The van der Waals surface area contributed by atoms with Gasteiger partial charge in [-0.1, -0.05) is 19.1 Å². The third kappa shape index (κ3) is 1.94. The molecule has 0 aliphatic rings. The van der Waals surface area contributed by atoms with Gasteiger partial charge in [-0.2, -0.15) is 0 Å². The van der Waals surface area contributed by atoms with E-state index in [-0.39, 0.29) is 0 Å². The van der Waals surface area contributed by atoms with Crippen molar-refractivity contribution in [3.8, 4) is 17.0 Å². The second-order valence-corrected chi connectivity index (χ2v) is 4.06. The van der Waals surface area contributed by atoms with Gasteiger partial charge in [-0.3, -0.25) is 0 Å². The van der Waals surface area contributed by atoms with E-state index >= 15 is 0 Å². The van der Waals surface area contributed by atoms with Gasteiger partial charge in [-0.15, -0.1) is 0 Å². The fourth-order valence-electron chi connectivity index (χ4n) is 2.17. The van der Waals surface area contributed by atoms with Crippen molar-refractivity contribution < 1.29 is 4.74 Å². The molecule has 1 heterocycles. The van der Waals surface area contributed by atoms with E-state index in [0.717, 1.165) is 35.8 Å². The molecule has 0 atom stereocenters. The fraction of sp³-hybridized carbons (Fsp3) is 0.357. The molecule has 0 fully saturated rings. The molecule has 0 saturated heterocycles. The van der Waals surface area contributed by atoms with Crippen LogP contribution in [0.1, 0.15) is 19.7 Å². The highest BCUT2D eigenvalue weighted by Crippen LogP contribution is 2.33. The Bertz CT molecular complexity index is 546. The summed E-state index contributed by atoms with van der Waals surface area (Å²) in [6.45, 7) is 4.99. The monoisotopic (exact) mass is 245 g/mol. The molecule has 0 bridgehead atoms. The summed E-state index contributed by atoms with van der Waals surface area (Å²) in [5, 5.41) is 0. The third-order valence-corrected chi connectivity index (χ3v) is 3.08. The number of nitrogens with two attached hydrogens (primary N) is 1. The summed E-state index contributed by atoms with van der Waals surface area (Å²) in [6, 6.07) is 7.81. The summed E-state index contributed by atoms with van der Waals surface area (Å²) in [6.07, 6.45) is 0.868. The Hall–Kier alpha value is -1.97. The van der Waals surface area contributed by atoms with Gasteiger partial charge in [0.1, 0.15) is 23.1 Å². The summed E-state index contributed by atoms with van der Waals surface area (Å²) in [7, 11) is 1.66. The minimum atomic E-state index is 0.707. The molecule has 4 heteroatoms. The number of para-hydroxylation sites is 1. The quantitative estimate of drug-likeness (QED) is 0.901. The third-order valence-electron chi connectivity index (χ3n) is 3.08. The topological polar surface area (TPSA) is 53.1 Å². The van der Waals surface area contributed by atoms with Gasteiger partial charge in [-0.05, 0) is 19.1 Å². The van der Waals surface area contributed by atoms with E-state index in [2.05, 4.69) is 18.8 Å². The fourth-order valence-corrected chi connectivity index (χ4v) is 2.17.